The molecule has 1 aromatic rings. The van der Waals surface area contributed by atoms with E-state index < -0.39 is 28.9 Å². The lowest BCUT2D eigenvalue weighted by molar-refractivity contribution is -0.182. The van der Waals surface area contributed by atoms with Crippen LogP contribution in [0.5, 0.6) is 0 Å². The first-order chi connectivity index (χ1) is 6.59. The van der Waals surface area contributed by atoms with Crippen molar-refractivity contribution in [1.82, 2.24) is 9.78 Å². The predicted molar refractivity (Wildman–Crippen MR) is 46.7 cm³/mol. The van der Waals surface area contributed by atoms with E-state index in [9.17, 15) is 17.6 Å². The van der Waals surface area contributed by atoms with Crippen molar-refractivity contribution in [2.45, 2.75) is 25.4 Å². The van der Waals surface area contributed by atoms with Gasteiger partial charge in [0.25, 0.3) is 0 Å². The monoisotopic (exact) mass is 225 g/mol. The summed E-state index contributed by atoms with van der Waals surface area (Å²) in [5.41, 5.74) is 2.16. The Kier molecular flexibility index (Phi) is 2.45. The molecule has 0 aliphatic heterocycles. The molecule has 0 atom stereocenters. The minimum absolute atomic E-state index is 0.401. The smallest absolute Gasteiger partial charge is 0.381 e. The molecule has 0 amide bonds. The molecule has 0 fully saturated rings. The summed E-state index contributed by atoms with van der Waals surface area (Å²) in [7, 11) is 1.29. The normalized spacial score (nSPS) is 13.3. The van der Waals surface area contributed by atoms with Crippen LogP contribution in [0, 0.1) is 5.82 Å². The zero-order valence-corrected chi connectivity index (χ0v) is 8.48. The molecular formula is C8H11F4N3. The highest BCUT2D eigenvalue weighted by molar-refractivity contribution is 5.37. The van der Waals surface area contributed by atoms with Gasteiger partial charge < -0.3 is 5.73 Å². The molecule has 0 saturated heterocycles. The lowest BCUT2D eigenvalue weighted by atomic mass is 9.88. The summed E-state index contributed by atoms with van der Waals surface area (Å²) in [4.78, 5) is 0. The predicted octanol–water partition coefficient (Wildman–Crippen LogP) is 1.98. The number of nitrogens with zero attached hydrogens (tertiary/aromatic N) is 2. The Labute approximate surface area is 83.9 Å². The number of nitrogens with two attached hydrogens (primary N) is 1. The zero-order valence-electron chi connectivity index (χ0n) is 8.48. The van der Waals surface area contributed by atoms with Crippen molar-refractivity contribution >= 4 is 5.82 Å². The first kappa shape index (κ1) is 11.8. The van der Waals surface area contributed by atoms with E-state index in [-0.39, 0.29) is 0 Å². The van der Waals surface area contributed by atoms with Gasteiger partial charge in [0, 0.05) is 7.05 Å². The van der Waals surface area contributed by atoms with Gasteiger partial charge >= 0.3 is 6.18 Å². The molecule has 0 aromatic carbocycles. The van der Waals surface area contributed by atoms with Gasteiger partial charge in [0.15, 0.2) is 11.6 Å². The van der Waals surface area contributed by atoms with Crippen LogP contribution in [0.2, 0.25) is 0 Å². The number of nitrogen functional groups attached to an aromatic ring is 1. The minimum Gasteiger partial charge on any atom is -0.381 e. The highest BCUT2D eigenvalue weighted by atomic mass is 19.4. The molecule has 0 bridgehead atoms. The van der Waals surface area contributed by atoms with Crippen LogP contribution >= 0.6 is 0 Å². The molecule has 3 nitrogen and oxygen atoms in total. The van der Waals surface area contributed by atoms with E-state index in [4.69, 9.17) is 5.73 Å². The first-order valence-corrected chi connectivity index (χ1v) is 4.14. The molecule has 86 valence electrons. The molecule has 0 saturated carbocycles. The van der Waals surface area contributed by atoms with E-state index in [1.54, 1.807) is 0 Å². The summed E-state index contributed by atoms with van der Waals surface area (Å²) < 4.78 is 52.0. The zero-order chi connectivity index (χ0) is 12.0. The Morgan fingerprint density at radius 2 is 1.73 bits per heavy atom. The van der Waals surface area contributed by atoms with E-state index in [1.165, 1.54) is 7.05 Å². The van der Waals surface area contributed by atoms with Crippen molar-refractivity contribution < 1.29 is 17.6 Å². The maximum Gasteiger partial charge on any atom is 0.399 e. The number of alkyl halides is 3. The minimum atomic E-state index is -4.57. The van der Waals surface area contributed by atoms with Gasteiger partial charge in [0.05, 0.1) is 0 Å². The van der Waals surface area contributed by atoms with Gasteiger partial charge in [0.1, 0.15) is 11.1 Å². The van der Waals surface area contributed by atoms with Gasteiger partial charge in [0.2, 0.25) is 0 Å². The molecule has 1 aromatic heterocycles. The Bertz CT molecular complexity index is 378. The lowest BCUT2D eigenvalue weighted by Crippen LogP contribution is -2.37. The molecule has 15 heavy (non-hydrogen) atoms. The number of hydrogen-bond acceptors (Lipinski definition) is 2. The van der Waals surface area contributed by atoms with Gasteiger partial charge in [-0.25, -0.2) is 4.39 Å². The number of halogens is 4. The average Bonchev–Trinajstić information content (AvgIpc) is 2.31. The summed E-state index contributed by atoms with van der Waals surface area (Å²) in [6.07, 6.45) is -4.57. The fraction of sp³-hybridized carbons (Fsp3) is 0.625. The third kappa shape index (κ3) is 1.66. The quantitative estimate of drug-likeness (QED) is 0.742. The number of aromatic nitrogens is 2. The fourth-order valence-corrected chi connectivity index (χ4v) is 1.04. The van der Waals surface area contributed by atoms with E-state index in [0.29, 0.717) is 0 Å². The van der Waals surface area contributed by atoms with Crippen molar-refractivity contribution in [3.05, 3.63) is 11.5 Å². The number of anilines is 1. The highest BCUT2D eigenvalue weighted by Gasteiger charge is 2.52. The number of aryl methyl sites for hydroxylation is 1. The summed E-state index contributed by atoms with van der Waals surface area (Å²) in [6.45, 7) is 1.72. The van der Waals surface area contributed by atoms with Crippen LogP contribution < -0.4 is 5.73 Å². The Morgan fingerprint density at radius 1 is 1.27 bits per heavy atom. The van der Waals surface area contributed by atoms with Crippen LogP contribution in [-0.2, 0) is 12.5 Å². The second-order valence-corrected chi connectivity index (χ2v) is 3.79. The van der Waals surface area contributed by atoms with Crippen molar-refractivity contribution in [1.29, 1.82) is 0 Å². The molecule has 0 aliphatic carbocycles. The summed E-state index contributed by atoms with van der Waals surface area (Å²) >= 11 is 0. The molecule has 2 N–H and O–H groups in total. The van der Waals surface area contributed by atoms with Crippen LogP contribution in [-0.4, -0.2) is 16.0 Å². The van der Waals surface area contributed by atoms with Crippen LogP contribution in [0.3, 0.4) is 0 Å². The molecule has 0 radical (unpaired) electrons. The van der Waals surface area contributed by atoms with Crippen molar-refractivity contribution in [2.24, 2.45) is 7.05 Å². The van der Waals surface area contributed by atoms with Gasteiger partial charge in [-0.05, 0) is 13.8 Å². The maximum absolute atomic E-state index is 13.3. The molecule has 0 unspecified atom stereocenters. The average molecular weight is 225 g/mol. The van der Waals surface area contributed by atoms with Crippen LogP contribution in [0.4, 0.5) is 23.4 Å². The second-order valence-electron chi connectivity index (χ2n) is 3.79. The van der Waals surface area contributed by atoms with Gasteiger partial charge in [-0.1, -0.05) is 0 Å². The Hall–Kier alpha value is -1.27. The molecule has 1 heterocycles. The highest BCUT2D eigenvalue weighted by Crippen LogP contribution is 2.41. The van der Waals surface area contributed by atoms with Crippen LogP contribution in [0.1, 0.15) is 19.5 Å². The SMILES string of the molecule is Cn1nc(C(C)(C)C(F)(F)F)c(F)c1N. The summed E-state index contributed by atoms with van der Waals surface area (Å²) in [5, 5.41) is 3.44. The van der Waals surface area contributed by atoms with E-state index in [1.807, 2.05) is 0 Å². The molecule has 0 aliphatic rings. The molecular weight excluding hydrogens is 214 g/mol. The van der Waals surface area contributed by atoms with E-state index >= 15 is 0 Å². The number of hydrogen-bond donors (Lipinski definition) is 1. The fourth-order valence-electron chi connectivity index (χ4n) is 1.04. The number of rotatable bonds is 1. The van der Waals surface area contributed by atoms with E-state index in [2.05, 4.69) is 5.10 Å². The van der Waals surface area contributed by atoms with Crippen molar-refractivity contribution in [2.75, 3.05) is 5.73 Å². The topological polar surface area (TPSA) is 43.8 Å². The third-order valence-electron chi connectivity index (χ3n) is 2.33. The van der Waals surface area contributed by atoms with E-state index in [0.717, 1.165) is 18.5 Å². The molecule has 7 heteroatoms. The second kappa shape index (κ2) is 3.11. The van der Waals surface area contributed by atoms with Gasteiger partial charge in [-0.15, -0.1) is 0 Å². The van der Waals surface area contributed by atoms with Crippen molar-refractivity contribution in [3.63, 3.8) is 0 Å². The molecule has 0 spiro atoms. The van der Waals surface area contributed by atoms with Gasteiger partial charge in [-0.3, -0.25) is 4.68 Å². The maximum atomic E-state index is 13.3. The van der Waals surface area contributed by atoms with Crippen LogP contribution in [0.15, 0.2) is 0 Å². The van der Waals surface area contributed by atoms with Gasteiger partial charge in [-0.2, -0.15) is 18.3 Å². The standard InChI is InChI=1S/C8H11F4N3/c1-7(2,8(10,11)12)5-4(9)6(13)15(3)14-5/h13H2,1-3H3. The summed E-state index contributed by atoms with van der Waals surface area (Å²) in [6, 6.07) is 0. The third-order valence-corrected chi connectivity index (χ3v) is 2.33. The lowest BCUT2D eigenvalue weighted by Gasteiger charge is -2.25. The Morgan fingerprint density at radius 3 is 2.00 bits per heavy atom. The van der Waals surface area contributed by atoms with Crippen LogP contribution in [0.25, 0.3) is 0 Å². The Balaban J connectivity index is 3.34. The molecule has 1 rings (SSSR count). The first-order valence-electron chi connectivity index (χ1n) is 4.14. The van der Waals surface area contributed by atoms with Crippen molar-refractivity contribution in [3.8, 4) is 0 Å². The summed E-state index contributed by atoms with van der Waals surface area (Å²) in [5.74, 6) is -1.51. The largest absolute Gasteiger partial charge is 0.399 e.